The number of unbranched alkanes of at least 4 members (excludes halogenated alkanes) is 1. The van der Waals surface area contributed by atoms with Crippen LogP contribution in [0.3, 0.4) is 0 Å². The van der Waals surface area contributed by atoms with Gasteiger partial charge in [0.05, 0.1) is 60.1 Å². The van der Waals surface area contributed by atoms with Crippen LogP contribution in [-0.2, 0) is 37.1 Å². The second-order valence-corrected chi connectivity index (χ2v) is 17.6. The molecule has 1 aliphatic rings. The number of methoxy groups -OCH3 is 2. The van der Waals surface area contributed by atoms with Crippen LogP contribution >= 0.6 is 23.2 Å². The van der Waals surface area contributed by atoms with Crippen molar-refractivity contribution in [3.8, 4) is 29.0 Å². The highest BCUT2D eigenvalue weighted by molar-refractivity contribution is 6.31. The molecule has 2 aromatic heterocycles. The quantitative estimate of drug-likeness (QED) is 0.0119. The van der Waals surface area contributed by atoms with Crippen molar-refractivity contribution in [2.45, 2.75) is 58.2 Å². The highest BCUT2D eigenvalue weighted by atomic mass is 35.5. The summed E-state index contributed by atoms with van der Waals surface area (Å²) in [7, 11) is 9.38. The predicted molar refractivity (Wildman–Crippen MR) is 294 cm³/mol. The van der Waals surface area contributed by atoms with Gasteiger partial charge in [0.1, 0.15) is 17.9 Å². The van der Waals surface area contributed by atoms with Gasteiger partial charge in [-0.3, -0.25) is 43.5 Å². The summed E-state index contributed by atoms with van der Waals surface area (Å²) in [5.41, 5.74) is 2.03. The molecule has 2 aromatic carbocycles. The monoisotopic (exact) mass is 1120 g/mol. The van der Waals surface area contributed by atoms with Crippen molar-refractivity contribution in [2.75, 3.05) is 68.7 Å². The smallest absolute Gasteiger partial charge is 0.319 e. The van der Waals surface area contributed by atoms with Crippen LogP contribution in [0.5, 0.6) is 17.6 Å². The predicted octanol–water partition coefficient (Wildman–Crippen LogP) is 3.86. The average Bonchev–Trinajstić information content (AvgIpc) is 4.07. The molecule has 0 aliphatic carbocycles. The molecular weight excluding hydrogens is 1050 g/mol. The first-order chi connectivity index (χ1) is 37.5. The topological polar surface area (TPSA) is 304 Å². The molecule has 0 saturated heterocycles. The van der Waals surface area contributed by atoms with Gasteiger partial charge in [0.2, 0.25) is 18.2 Å². The van der Waals surface area contributed by atoms with E-state index in [-0.39, 0.29) is 72.1 Å². The number of aliphatic imine (C=N–C) groups is 1. The first-order valence-electron chi connectivity index (χ1n) is 24.1. The maximum atomic E-state index is 13.4. The zero-order chi connectivity index (χ0) is 57.6. The SMILES string of the molecule is CNC(=O)CCC(C=O)N(C)C(=O)c1c(C=O)cccc1OCC(=O)NCCCCNC=O.COc1ncc(-c2nc3c(n2CCCN=C/C(C)=N\N)CN(/C(C=O)=C/C(Cl)=C\N(C)C)C3=O)c(OC)n1.Clc1ccccc1. The Balaban J connectivity index is 0.000000366. The Kier molecular flexibility index (Phi) is 28.0. The highest BCUT2D eigenvalue weighted by Crippen LogP contribution is 2.35. The van der Waals surface area contributed by atoms with Crippen molar-refractivity contribution in [3.05, 3.63) is 105 Å². The molecule has 418 valence electrons. The number of halogens is 2. The fourth-order valence-corrected chi connectivity index (χ4v) is 7.51. The van der Waals surface area contributed by atoms with E-state index in [9.17, 15) is 38.4 Å². The van der Waals surface area contributed by atoms with E-state index in [0.717, 1.165) is 9.92 Å². The summed E-state index contributed by atoms with van der Waals surface area (Å²) in [6.07, 6.45) is 10.6. The van der Waals surface area contributed by atoms with E-state index in [0.29, 0.717) is 98.5 Å². The van der Waals surface area contributed by atoms with Crippen molar-refractivity contribution in [1.82, 2.24) is 50.2 Å². The molecule has 5 amide bonds. The standard InChI is InChI=1S/C24H30ClN9O4.C22H30N4O7.C6H5Cl/c1-15(31-26)10-27-7-6-8-33-19-13-34(17(14-35)9-16(25)12-32(2)3)23(36)20(19)29-21(33)18-11-28-24(38-5)30-22(18)37-4;1-23-19(30)9-8-17(13-28)26(2)22(32)21-16(12-27)6-5-7-18(21)33-14-20(31)25-11-4-3-10-24-15-29;7-6-4-2-1-3-5-6/h9-12,14H,6-8,13,26H2,1-5H3;5-7,12-13,15,17H,3-4,8-11,14H2,1-2H3,(H,23,30)(H,24,29)(H,25,31);1-5H/b16-12+,17-9+,27-10?,31-15-;;. The number of nitrogens with zero attached hydrogens (tertiary/aromatic N) is 9. The molecular formula is C52H65Cl2N13O11. The summed E-state index contributed by atoms with van der Waals surface area (Å²) in [6.45, 7) is 3.34. The van der Waals surface area contributed by atoms with Crippen LogP contribution in [0.2, 0.25) is 5.02 Å². The number of carbonyl (C=O) groups excluding carboxylic acids is 8. The molecule has 1 aliphatic heterocycles. The lowest BCUT2D eigenvalue weighted by atomic mass is 10.0. The summed E-state index contributed by atoms with van der Waals surface area (Å²) in [5.74, 6) is 4.20. The number of hydrogen-bond donors (Lipinski definition) is 4. The van der Waals surface area contributed by atoms with Gasteiger partial charge >= 0.3 is 6.01 Å². The first-order valence-corrected chi connectivity index (χ1v) is 24.9. The number of rotatable bonds is 28. The summed E-state index contributed by atoms with van der Waals surface area (Å²) in [4.78, 5) is 117. The van der Waals surface area contributed by atoms with Crippen molar-refractivity contribution >= 4 is 84.0 Å². The van der Waals surface area contributed by atoms with Gasteiger partial charge in [-0.25, -0.2) is 9.97 Å². The van der Waals surface area contributed by atoms with Crippen molar-refractivity contribution < 1.29 is 52.6 Å². The van der Waals surface area contributed by atoms with Crippen LogP contribution in [0, 0.1) is 0 Å². The minimum absolute atomic E-state index is 0.0257. The number of allylic oxidation sites excluding steroid dienone is 3. The number of nitrogens with one attached hydrogen (secondary N) is 3. The van der Waals surface area contributed by atoms with Gasteiger partial charge in [0.25, 0.3) is 17.7 Å². The Hall–Kier alpha value is -8.51. The van der Waals surface area contributed by atoms with Crippen molar-refractivity contribution in [1.29, 1.82) is 0 Å². The van der Waals surface area contributed by atoms with E-state index >= 15 is 0 Å². The fraction of sp³-hybridized carbons (Fsp3) is 0.365. The third-order valence-electron chi connectivity index (χ3n) is 11.0. The molecule has 3 heterocycles. The van der Waals surface area contributed by atoms with E-state index in [2.05, 4.69) is 41.0 Å². The largest absolute Gasteiger partial charge is 0.483 e. The number of likely N-dealkylation sites (N-methyl/N-ethyl adjacent to an activating group) is 1. The molecule has 0 saturated carbocycles. The lowest BCUT2D eigenvalue weighted by Gasteiger charge is -2.25. The molecule has 0 spiro atoms. The number of ether oxygens (including phenoxy) is 3. The van der Waals surface area contributed by atoms with Crippen LogP contribution in [0.1, 0.15) is 75.9 Å². The number of amides is 5. The van der Waals surface area contributed by atoms with E-state index in [1.807, 2.05) is 34.9 Å². The second-order valence-electron chi connectivity index (χ2n) is 16.8. The average molecular weight is 1120 g/mol. The van der Waals surface area contributed by atoms with Gasteiger partial charge in [-0.05, 0) is 56.9 Å². The molecule has 78 heavy (non-hydrogen) atoms. The fourth-order valence-electron chi connectivity index (χ4n) is 7.06. The molecule has 5 N–H and O–H groups in total. The summed E-state index contributed by atoms with van der Waals surface area (Å²) < 4.78 is 17.9. The molecule has 4 aromatic rings. The lowest BCUT2D eigenvalue weighted by molar-refractivity contribution is -0.123. The lowest BCUT2D eigenvalue weighted by Crippen LogP contribution is -2.39. The number of benzene rings is 2. The third-order valence-corrected chi connectivity index (χ3v) is 11.5. The normalized spacial score (nSPS) is 12.4. The van der Waals surface area contributed by atoms with E-state index in [1.165, 1.54) is 63.7 Å². The third kappa shape index (κ3) is 19.9. The first kappa shape index (κ1) is 63.8. The van der Waals surface area contributed by atoms with E-state index in [4.69, 9.17) is 43.3 Å². The van der Waals surface area contributed by atoms with Crippen LogP contribution in [0.4, 0.5) is 0 Å². The van der Waals surface area contributed by atoms with Gasteiger partial charge < -0.3 is 55.2 Å². The zero-order valence-corrected chi connectivity index (χ0v) is 46.0. The zero-order valence-electron chi connectivity index (χ0n) is 44.4. The number of aromatic nitrogens is 4. The van der Waals surface area contributed by atoms with Crippen LogP contribution in [0.15, 0.2) is 87.8 Å². The molecule has 1 unspecified atom stereocenters. The Labute approximate surface area is 462 Å². The Morgan fingerprint density at radius 3 is 2.29 bits per heavy atom. The summed E-state index contributed by atoms with van der Waals surface area (Å²) >= 11 is 11.8. The van der Waals surface area contributed by atoms with E-state index < -0.39 is 23.8 Å². The minimum Gasteiger partial charge on any atom is -0.483 e. The Morgan fingerprint density at radius 2 is 1.69 bits per heavy atom. The molecule has 0 bridgehead atoms. The van der Waals surface area contributed by atoms with E-state index in [1.54, 1.807) is 38.3 Å². The minimum atomic E-state index is -0.889. The van der Waals surface area contributed by atoms with Crippen molar-refractivity contribution in [3.63, 3.8) is 0 Å². The van der Waals surface area contributed by atoms with Crippen LogP contribution in [0.25, 0.3) is 11.4 Å². The Bertz CT molecular complexity index is 2810. The molecule has 1 atom stereocenters. The van der Waals surface area contributed by atoms with Gasteiger partial charge in [0, 0.05) is 90.0 Å². The molecule has 26 heteroatoms. The number of aldehydes is 3. The molecule has 0 fully saturated rings. The summed E-state index contributed by atoms with van der Waals surface area (Å²) in [5, 5.41) is 12.3. The molecule has 24 nitrogen and oxygen atoms in total. The number of fused-ring (bicyclic) bond motifs is 1. The Morgan fingerprint density at radius 1 is 0.962 bits per heavy atom. The van der Waals surface area contributed by atoms with Crippen LogP contribution in [-0.4, -0.2) is 170 Å². The van der Waals surface area contributed by atoms with Gasteiger partial charge in [-0.15, -0.1) is 0 Å². The highest BCUT2D eigenvalue weighted by Gasteiger charge is 2.37. The molecule has 0 radical (unpaired) electrons. The van der Waals surface area contributed by atoms with Gasteiger partial charge in [-0.1, -0.05) is 53.5 Å². The van der Waals surface area contributed by atoms with Gasteiger partial charge in [0.15, 0.2) is 24.9 Å². The van der Waals surface area contributed by atoms with Gasteiger partial charge in [-0.2, -0.15) is 10.1 Å². The summed E-state index contributed by atoms with van der Waals surface area (Å²) in [6, 6.07) is 13.1. The molecule has 5 rings (SSSR count). The van der Waals surface area contributed by atoms with Crippen LogP contribution < -0.4 is 36.0 Å². The maximum absolute atomic E-state index is 13.4. The number of hydrogen-bond acceptors (Lipinski definition) is 18. The van der Waals surface area contributed by atoms with Crippen molar-refractivity contribution in [2.24, 2.45) is 15.9 Å². The number of nitrogens with two attached hydrogens (primary N) is 1. The second kappa shape index (κ2) is 34.2. The number of imidazole rings is 1. The number of carbonyl (C=O) groups is 8. The number of hydrazone groups is 1. The maximum Gasteiger partial charge on any atom is 0.319 e.